The van der Waals surface area contributed by atoms with E-state index in [2.05, 4.69) is 9.97 Å². The molecule has 1 fully saturated rings. The fraction of sp³-hybridized carbons (Fsp3) is 0.194. The smallest absolute Gasteiger partial charge is 0.335 e. The summed E-state index contributed by atoms with van der Waals surface area (Å²) in [7, 11) is 0. The van der Waals surface area contributed by atoms with E-state index in [0.717, 1.165) is 24.8 Å². The number of imidazole rings is 1. The number of aromatic carboxylic acids is 1. The molecule has 0 saturated carbocycles. The second kappa shape index (κ2) is 11.5. The monoisotopic (exact) mass is 583 g/mol. The van der Waals surface area contributed by atoms with E-state index in [1.807, 2.05) is 10.6 Å². The van der Waals surface area contributed by atoms with E-state index in [4.69, 9.17) is 14.7 Å². The predicted octanol–water partition coefficient (Wildman–Crippen LogP) is 4.52. The SMILES string of the molecule is N#Cc1ccc(COc2cccc(-c3cc(=O)n(Cc4nc5ccc(C(=O)O)cc5n4C[C@@H]4CCO4)cc3F)n2)c(F)c1. The highest BCUT2D eigenvalue weighted by Gasteiger charge is 2.23. The standard InChI is InChI=1S/C31H23F2N5O5/c32-23-10-18(13-34)4-5-20(23)17-43-29-3-1-2-25(36-29)22-12-30(39)37(15-24(22)33)16-28-35-26-7-6-19(31(40)41)11-27(26)38(28)14-21-8-9-42-21/h1-7,10-12,15,21H,8-9,14,16-17H2,(H,40,41)/t21-/m0/s1. The van der Waals surface area contributed by atoms with Gasteiger partial charge >= 0.3 is 5.97 Å². The highest BCUT2D eigenvalue weighted by atomic mass is 19.1. The van der Waals surface area contributed by atoms with Crippen molar-refractivity contribution in [1.29, 1.82) is 5.26 Å². The lowest BCUT2D eigenvalue weighted by Gasteiger charge is -2.27. The van der Waals surface area contributed by atoms with Gasteiger partial charge in [0.1, 0.15) is 24.1 Å². The average molecular weight is 584 g/mol. The zero-order valence-corrected chi connectivity index (χ0v) is 22.5. The lowest BCUT2D eigenvalue weighted by Crippen LogP contribution is -2.32. The topological polar surface area (TPSA) is 132 Å². The Labute approximate surface area is 243 Å². The van der Waals surface area contributed by atoms with Gasteiger partial charge in [-0.1, -0.05) is 12.1 Å². The molecule has 1 atom stereocenters. The zero-order valence-electron chi connectivity index (χ0n) is 22.5. The third kappa shape index (κ3) is 5.71. The average Bonchev–Trinajstić information content (AvgIpc) is 3.31. The number of benzene rings is 2. The Hall–Kier alpha value is -5.41. The van der Waals surface area contributed by atoms with Gasteiger partial charge in [0.2, 0.25) is 5.88 Å². The van der Waals surface area contributed by atoms with Gasteiger partial charge in [-0.25, -0.2) is 23.5 Å². The van der Waals surface area contributed by atoms with E-state index >= 15 is 4.39 Å². The van der Waals surface area contributed by atoms with E-state index in [-0.39, 0.29) is 53.1 Å². The van der Waals surface area contributed by atoms with Crippen LogP contribution in [0, 0.1) is 23.0 Å². The lowest BCUT2D eigenvalue weighted by atomic mass is 10.1. The molecule has 10 nitrogen and oxygen atoms in total. The first-order valence-electron chi connectivity index (χ1n) is 13.3. The Morgan fingerprint density at radius 1 is 1.12 bits per heavy atom. The Morgan fingerprint density at radius 3 is 2.67 bits per heavy atom. The van der Waals surface area contributed by atoms with E-state index in [1.54, 1.807) is 12.1 Å². The Kier molecular flexibility index (Phi) is 7.40. The molecule has 0 unspecified atom stereocenters. The summed E-state index contributed by atoms with van der Waals surface area (Å²) >= 11 is 0. The van der Waals surface area contributed by atoms with Crippen molar-refractivity contribution in [3.05, 3.63) is 111 Å². The first kappa shape index (κ1) is 27.7. The summed E-state index contributed by atoms with van der Waals surface area (Å²) in [6, 6.07) is 16.2. The van der Waals surface area contributed by atoms with Crippen molar-refractivity contribution < 1.29 is 28.2 Å². The number of fused-ring (bicyclic) bond motifs is 1. The molecule has 0 spiro atoms. The van der Waals surface area contributed by atoms with Crippen LogP contribution in [0.5, 0.6) is 5.88 Å². The molecule has 216 valence electrons. The molecule has 43 heavy (non-hydrogen) atoms. The van der Waals surface area contributed by atoms with Crippen molar-refractivity contribution in [1.82, 2.24) is 19.1 Å². The Morgan fingerprint density at radius 2 is 1.95 bits per heavy atom. The number of aromatic nitrogens is 4. The van der Waals surface area contributed by atoms with Gasteiger partial charge in [-0.2, -0.15) is 5.26 Å². The molecule has 2 aromatic carbocycles. The Bertz CT molecular complexity index is 1980. The van der Waals surface area contributed by atoms with Gasteiger partial charge in [0, 0.05) is 36.1 Å². The molecule has 6 rings (SSSR count). The van der Waals surface area contributed by atoms with Gasteiger partial charge in [-0.05, 0) is 42.8 Å². The van der Waals surface area contributed by atoms with Crippen LogP contribution in [0.2, 0.25) is 0 Å². The number of hydrogen-bond acceptors (Lipinski definition) is 7. The zero-order chi connectivity index (χ0) is 30.1. The number of nitriles is 1. The Balaban J connectivity index is 1.26. The van der Waals surface area contributed by atoms with E-state index in [1.165, 1.54) is 41.0 Å². The normalized spacial score (nSPS) is 14.3. The number of carbonyl (C=O) groups is 1. The first-order valence-corrected chi connectivity index (χ1v) is 13.3. The molecule has 0 amide bonds. The molecule has 12 heteroatoms. The molecule has 5 aromatic rings. The minimum atomic E-state index is -1.07. The van der Waals surface area contributed by atoms with Crippen molar-refractivity contribution in [2.75, 3.05) is 6.61 Å². The summed E-state index contributed by atoms with van der Waals surface area (Å²) in [5.74, 6) is -1.83. The van der Waals surface area contributed by atoms with Crippen LogP contribution < -0.4 is 10.3 Å². The largest absolute Gasteiger partial charge is 0.478 e. The highest BCUT2D eigenvalue weighted by Crippen LogP contribution is 2.25. The first-order chi connectivity index (χ1) is 20.8. The molecular formula is C31H23F2N5O5. The maximum absolute atomic E-state index is 15.4. The lowest BCUT2D eigenvalue weighted by molar-refractivity contribution is -0.0590. The molecular weight excluding hydrogens is 560 g/mol. The van der Waals surface area contributed by atoms with E-state index < -0.39 is 23.2 Å². The number of nitrogens with zero attached hydrogens (tertiary/aromatic N) is 5. The van der Waals surface area contributed by atoms with Crippen LogP contribution >= 0.6 is 0 Å². The molecule has 1 N–H and O–H groups in total. The fourth-order valence-electron chi connectivity index (χ4n) is 4.81. The third-order valence-corrected chi connectivity index (χ3v) is 7.20. The van der Waals surface area contributed by atoms with E-state index in [0.29, 0.717) is 30.0 Å². The van der Waals surface area contributed by atoms with Crippen LogP contribution in [0.15, 0.2) is 71.7 Å². The van der Waals surface area contributed by atoms with Crippen LogP contribution in [0.4, 0.5) is 8.78 Å². The van der Waals surface area contributed by atoms with Gasteiger partial charge < -0.3 is 23.7 Å². The summed E-state index contributed by atoms with van der Waals surface area (Å²) < 4.78 is 43.8. The number of halogens is 2. The molecule has 1 aliphatic rings. The van der Waals surface area contributed by atoms with Crippen LogP contribution in [0.1, 0.15) is 33.7 Å². The maximum Gasteiger partial charge on any atom is 0.335 e. The van der Waals surface area contributed by atoms with Gasteiger partial charge in [0.25, 0.3) is 5.56 Å². The summed E-state index contributed by atoms with van der Waals surface area (Å²) in [6.07, 6.45) is 1.83. The van der Waals surface area contributed by atoms with Crippen molar-refractivity contribution in [3.63, 3.8) is 0 Å². The van der Waals surface area contributed by atoms with Crippen molar-refractivity contribution in [2.24, 2.45) is 0 Å². The third-order valence-electron chi connectivity index (χ3n) is 7.20. The van der Waals surface area contributed by atoms with Crippen LogP contribution in [0.25, 0.3) is 22.3 Å². The number of ether oxygens (including phenoxy) is 2. The van der Waals surface area contributed by atoms with Gasteiger partial charge in [-0.15, -0.1) is 0 Å². The van der Waals surface area contributed by atoms with Gasteiger partial charge in [0.05, 0.1) is 53.1 Å². The molecule has 1 aliphatic heterocycles. The number of rotatable bonds is 9. The van der Waals surface area contributed by atoms with Crippen LogP contribution in [0.3, 0.4) is 0 Å². The molecule has 0 bridgehead atoms. The number of pyridine rings is 2. The van der Waals surface area contributed by atoms with Crippen LogP contribution in [-0.2, 0) is 24.4 Å². The predicted molar refractivity (Wildman–Crippen MR) is 149 cm³/mol. The van der Waals surface area contributed by atoms with Gasteiger partial charge in [-0.3, -0.25) is 4.79 Å². The highest BCUT2D eigenvalue weighted by molar-refractivity contribution is 5.92. The summed E-state index contributed by atoms with van der Waals surface area (Å²) in [6.45, 7) is 0.810. The molecule has 0 aliphatic carbocycles. The quantitative estimate of drug-likeness (QED) is 0.268. The van der Waals surface area contributed by atoms with Crippen molar-refractivity contribution in [3.8, 4) is 23.2 Å². The molecule has 1 saturated heterocycles. The second-order valence-corrected chi connectivity index (χ2v) is 10.00. The second-order valence-electron chi connectivity index (χ2n) is 10.00. The molecule has 4 heterocycles. The maximum atomic E-state index is 15.4. The molecule has 0 radical (unpaired) electrons. The number of carboxylic acid groups (broad SMARTS) is 1. The minimum absolute atomic E-state index is 0.0428. The van der Waals surface area contributed by atoms with Crippen molar-refractivity contribution >= 4 is 17.0 Å². The van der Waals surface area contributed by atoms with E-state index in [9.17, 15) is 19.1 Å². The number of hydrogen-bond donors (Lipinski definition) is 1. The van der Waals surface area contributed by atoms with Crippen molar-refractivity contribution in [2.45, 2.75) is 32.2 Å². The fourth-order valence-corrected chi connectivity index (χ4v) is 4.81. The van der Waals surface area contributed by atoms with Gasteiger partial charge in [0.15, 0.2) is 0 Å². The molecule has 3 aromatic heterocycles. The summed E-state index contributed by atoms with van der Waals surface area (Å²) in [5, 5.41) is 18.4. The number of carboxylic acids is 1. The van der Waals surface area contributed by atoms with Crippen LogP contribution in [-0.4, -0.2) is 42.9 Å². The summed E-state index contributed by atoms with van der Waals surface area (Å²) in [5.41, 5.74) is 1.23. The minimum Gasteiger partial charge on any atom is -0.478 e. The summed E-state index contributed by atoms with van der Waals surface area (Å²) in [4.78, 5) is 33.6.